The lowest BCUT2D eigenvalue weighted by Crippen LogP contribution is -2.70. The van der Waals surface area contributed by atoms with Gasteiger partial charge in [-0.1, -0.05) is 11.6 Å². The standard InChI is InChI=1S/C27H36ClFN6O4/c1-14(2)35-19-10-16(9-18(29)21(19)32-22(35)26(7,8)37)20-17(28)11-30-23(33-20)31-15(3)27(38)12-34(13-27)24(36)39-25(4,5)6/h9-11,14-15,37-38H,12-13H2,1-8H3,(H,30,31,33)/t15-/m1/s1. The molecule has 3 heterocycles. The molecule has 1 saturated heterocycles. The van der Waals surface area contributed by atoms with Crippen molar-refractivity contribution < 1.29 is 24.1 Å². The first-order valence-electron chi connectivity index (χ1n) is 12.8. The molecule has 0 bridgehead atoms. The second-order valence-electron chi connectivity index (χ2n) is 12.0. The summed E-state index contributed by atoms with van der Waals surface area (Å²) >= 11 is 6.44. The summed E-state index contributed by atoms with van der Waals surface area (Å²) in [5.74, 6) is -0.0419. The maximum Gasteiger partial charge on any atom is 0.410 e. The Morgan fingerprint density at radius 1 is 1.18 bits per heavy atom. The average molecular weight is 563 g/mol. The van der Waals surface area contributed by atoms with Crippen LogP contribution in [0.2, 0.25) is 5.02 Å². The number of ether oxygens (including phenoxy) is 1. The highest BCUT2D eigenvalue weighted by molar-refractivity contribution is 6.33. The highest BCUT2D eigenvalue weighted by Gasteiger charge is 2.49. The minimum Gasteiger partial charge on any atom is -0.444 e. The summed E-state index contributed by atoms with van der Waals surface area (Å²) in [5.41, 5.74) is -1.79. The van der Waals surface area contributed by atoms with E-state index in [1.54, 1.807) is 52.2 Å². The molecule has 1 aliphatic rings. The highest BCUT2D eigenvalue weighted by atomic mass is 35.5. The Morgan fingerprint density at radius 3 is 2.38 bits per heavy atom. The number of aliphatic hydroxyl groups is 2. The summed E-state index contributed by atoms with van der Waals surface area (Å²) in [6.45, 7) is 14.3. The number of halogens is 2. The number of imidazole rings is 1. The zero-order chi connectivity index (χ0) is 29.1. The van der Waals surface area contributed by atoms with Crippen LogP contribution in [-0.2, 0) is 10.3 Å². The van der Waals surface area contributed by atoms with Gasteiger partial charge in [0.15, 0.2) is 5.82 Å². The third-order valence-electron chi connectivity index (χ3n) is 6.56. The van der Waals surface area contributed by atoms with Gasteiger partial charge in [-0.25, -0.2) is 24.1 Å². The van der Waals surface area contributed by atoms with Crippen LogP contribution in [0.5, 0.6) is 0 Å². The van der Waals surface area contributed by atoms with Crippen LogP contribution < -0.4 is 5.32 Å². The van der Waals surface area contributed by atoms with E-state index < -0.39 is 34.8 Å². The van der Waals surface area contributed by atoms with E-state index in [4.69, 9.17) is 16.3 Å². The number of carbonyl (C=O) groups excluding carboxylic acids is 1. The molecule has 212 valence electrons. The molecule has 2 aromatic heterocycles. The lowest BCUT2D eigenvalue weighted by atomic mass is 9.87. The number of nitrogens with zero attached hydrogens (tertiary/aromatic N) is 5. The Bertz CT molecular complexity index is 1410. The normalized spacial score (nSPS) is 16.4. The highest BCUT2D eigenvalue weighted by Crippen LogP contribution is 2.35. The van der Waals surface area contributed by atoms with E-state index in [1.165, 1.54) is 17.2 Å². The lowest BCUT2D eigenvalue weighted by Gasteiger charge is -2.49. The second kappa shape index (κ2) is 9.87. The molecule has 12 heteroatoms. The SMILES string of the molecule is CC(C)n1c(C(C)(C)O)nc2c(F)cc(-c3nc(N[C@H](C)C4(O)CN(C(=O)OC(C)(C)C)C4)ncc3Cl)cc21. The number of aromatic nitrogens is 4. The van der Waals surface area contributed by atoms with Crippen LogP contribution in [0.15, 0.2) is 18.3 Å². The third kappa shape index (κ3) is 5.80. The number of amides is 1. The molecule has 1 amide bonds. The minimum absolute atomic E-state index is 0.0845. The number of fused-ring (bicyclic) bond motifs is 1. The van der Waals surface area contributed by atoms with Gasteiger partial charge in [0.05, 0.1) is 41.6 Å². The van der Waals surface area contributed by atoms with Crippen molar-refractivity contribution in [2.75, 3.05) is 18.4 Å². The number of anilines is 1. The van der Waals surface area contributed by atoms with Gasteiger partial charge in [0, 0.05) is 11.6 Å². The molecule has 1 aromatic carbocycles. The summed E-state index contributed by atoms with van der Waals surface area (Å²) in [4.78, 5) is 26.8. The molecule has 0 saturated carbocycles. The second-order valence-corrected chi connectivity index (χ2v) is 12.4. The van der Waals surface area contributed by atoms with E-state index in [1.807, 2.05) is 13.8 Å². The third-order valence-corrected chi connectivity index (χ3v) is 6.84. The zero-order valence-electron chi connectivity index (χ0n) is 23.5. The van der Waals surface area contributed by atoms with Gasteiger partial charge in [-0.2, -0.15) is 0 Å². The molecule has 39 heavy (non-hydrogen) atoms. The number of carbonyl (C=O) groups is 1. The number of hydrogen-bond donors (Lipinski definition) is 3. The molecule has 1 atom stereocenters. The molecule has 0 spiro atoms. The van der Waals surface area contributed by atoms with E-state index in [0.717, 1.165) is 0 Å². The van der Waals surface area contributed by atoms with Crippen LogP contribution in [0.3, 0.4) is 0 Å². The van der Waals surface area contributed by atoms with Crippen LogP contribution in [0.1, 0.15) is 67.3 Å². The quantitative estimate of drug-likeness (QED) is 0.388. The largest absolute Gasteiger partial charge is 0.444 e. The summed E-state index contributed by atoms with van der Waals surface area (Å²) in [5, 5.41) is 25.0. The van der Waals surface area contributed by atoms with E-state index in [0.29, 0.717) is 22.6 Å². The van der Waals surface area contributed by atoms with Crippen molar-refractivity contribution in [3.8, 4) is 11.3 Å². The number of hydrogen-bond acceptors (Lipinski definition) is 8. The van der Waals surface area contributed by atoms with Gasteiger partial charge in [-0.15, -0.1) is 0 Å². The minimum atomic E-state index is -1.28. The fraction of sp³-hybridized carbons (Fsp3) is 0.556. The average Bonchev–Trinajstić information content (AvgIpc) is 3.18. The Hall–Kier alpha value is -3.02. The Morgan fingerprint density at radius 2 is 1.82 bits per heavy atom. The predicted molar refractivity (Wildman–Crippen MR) is 147 cm³/mol. The number of benzene rings is 1. The van der Waals surface area contributed by atoms with Crippen LogP contribution in [0.25, 0.3) is 22.3 Å². The van der Waals surface area contributed by atoms with Crippen molar-refractivity contribution in [1.29, 1.82) is 0 Å². The van der Waals surface area contributed by atoms with Gasteiger partial charge in [-0.3, -0.25) is 0 Å². The van der Waals surface area contributed by atoms with E-state index in [2.05, 4.69) is 20.3 Å². The summed E-state index contributed by atoms with van der Waals surface area (Å²) in [6, 6.07) is 2.41. The summed E-state index contributed by atoms with van der Waals surface area (Å²) < 4.78 is 22.5. The summed E-state index contributed by atoms with van der Waals surface area (Å²) in [6.07, 6.45) is 0.913. The van der Waals surface area contributed by atoms with Crippen LogP contribution >= 0.6 is 11.6 Å². The van der Waals surface area contributed by atoms with Crippen LogP contribution in [0.4, 0.5) is 15.1 Å². The van der Waals surface area contributed by atoms with Crippen molar-refractivity contribution in [2.24, 2.45) is 0 Å². The Kier molecular flexibility index (Phi) is 7.33. The smallest absolute Gasteiger partial charge is 0.410 e. The van der Waals surface area contributed by atoms with E-state index >= 15 is 4.39 Å². The molecule has 0 radical (unpaired) electrons. The van der Waals surface area contributed by atoms with Crippen molar-refractivity contribution in [2.45, 2.75) is 84.3 Å². The van der Waals surface area contributed by atoms with E-state index in [9.17, 15) is 15.0 Å². The number of β-amino-alcohol motifs (C(OH)–C–C–N with tert-alkyl or cyclic N) is 1. The lowest BCUT2D eigenvalue weighted by molar-refractivity contribution is -0.105. The molecule has 4 rings (SSSR count). The topological polar surface area (TPSA) is 126 Å². The van der Waals surface area contributed by atoms with Gasteiger partial charge < -0.3 is 29.7 Å². The molecular weight excluding hydrogens is 527 g/mol. The molecule has 1 fully saturated rings. The van der Waals surface area contributed by atoms with Gasteiger partial charge in [0.25, 0.3) is 0 Å². The number of nitrogens with one attached hydrogen (secondary N) is 1. The fourth-order valence-electron chi connectivity index (χ4n) is 4.56. The van der Waals surface area contributed by atoms with Crippen LogP contribution in [0, 0.1) is 5.82 Å². The van der Waals surface area contributed by atoms with Crippen molar-refractivity contribution in [3.05, 3.63) is 35.0 Å². The van der Waals surface area contributed by atoms with Gasteiger partial charge in [0.1, 0.15) is 28.1 Å². The molecule has 0 aliphatic carbocycles. The first kappa shape index (κ1) is 29.0. The number of likely N-dealkylation sites (tertiary alicyclic amines) is 1. The molecule has 3 aromatic rings. The molecule has 3 N–H and O–H groups in total. The monoisotopic (exact) mass is 562 g/mol. The Balaban J connectivity index is 1.61. The molecule has 1 aliphatic heterocycles. The predicted octanol–water partition coefficient (Wildman–Crippen LogP) is 4.88. The first-order chi connectivity index (χ1) is 17.9. The van der Waals surface area contributed by atoms with Gasteiger partial charge in [0.2, 0.25) is 5.95 Å². The molecule has 0 unspecified atom stereocenters. The zero-order valence-corrected chi connectivity index (χ0v) is 24.3. The van der Waals surface area contributed by atoms with Gasteiger partial charge >= 0.3 is 6.09 Å². The van der Waals surface area contributed by atoms with Crippen molar-refractivity contribution in [3.63, 3.8) is 0 Å². The van der Waals surface area contributed by atoms with Crippen molar-refractivity contribution >= 4 is 34.7 Å². The van der Waals surface area contributed by atoms with Gasteiger partial charge in [-0.05, 0) is 67.5 Å². The maximum atomic E-state index is 15.3. The fourth-order valence-corrected chi connectivity index (χ4v) is 4.76. The number of rotatable bonds is 6. The van der Waals surface area contributed by atoms with Crippen molar-refractivity contribution in [1.82, 2.24) is 24.4 Å². The first-order valence-corrected chi connectivity index (χ1v) is 13.2. The van der Waals surface area contributed by atoms with Crippen LogP contribution in [-0.4, -0.2) is 71.1 Å². The molecular formula is C27H36ClFN6O4. The Labute approximate surface area is 232 Å². The molecule has 10 nitrogen and oxygen atoms in total. The van der Waals surface area contributed by atoms with E-state index in [-0.39, 0.29) is 35.6 Å². The maximum absolute atomic E-state index is 15.3. The summed E-state index contributed by atoms with van der Waals surface area (Å²) in [7, 11) is 0.